The Hall–Kier alpha value is -1.93. The predicted molar refractivity (Wildman–Crippen MR) is 94.2 cm³/mol. The van der Waals surface area contributed by atoms with Crippen LogP contribution in [0.1, 0.15) is 25.7 Å². The monoisotopic (exact) mass is 367 g/mol. The summed E-state index contributed by atoms with van der Waals surface area (Å²) in [6.45, 7) is 0.841. The molecule has 0 aromatic heterocycles. The van der Waals surface area contributed by atoms with Gasteiger partial charge in [0.05, 0.1) is 4.90 Å². The number of benzene rings is 1. The zero-order valence-corrected chi connectivity index (χ0v) is 15.2. The van der Waals surface area contributed by atoms with E-state index in [0.717, 1.165) is 0 Å². The summed E-state index contributed by atoms with van der Waals surface area (Å²) in [5, 5.41) is 5.39. The smallest absolute Gasteiger partial charge is 0.243 e. The fourth-order valence-electron chi connectivity index (χ4n) is 2.92. The number of amides is 2. The maximum absolute atomic E-state index is 12.8. The third kappa shape index (κ3) is 5.27. The lowest BCUT2D eigenvalue weighted by Crippen LogP contribution is -2.35. The van der Waals surface area contributed by atoms with Crippen LogP contribution in [-0.4, -0.2) is 51.2 Å². The average Bonchev–Trinajstić information content (AvgIpc) is 2.66. The van der Waals surface area contributed by atoms with Crippen molar-refractivity contribution in [2.75, 3.05) is 26.7 Å². The lowest BCUT2D eigenvalue weighted by molar-refractivity contribution is -0.125. The molecule has 1 aliphatic rings. The average molecular weight is 367 g/mol. The van der Waals surface area contributed by atoms with Gasteiger partial charge in [-0.3, -0.25) is 9.59 Å². The fourth-order valence-corrected chi connectivity index (χ4v) is 4.42. The van der Waals surface area contributed by atoms with Gasteiger partial charge in [0.1, 0.15) is 0 Å². The van der Waals surface area contributed by atoms with E-state index in [4.69, 9.17) is 0 Å². The molecule has 0 saturated carbocycles. The van der Waals surface area contributed by atoms with Gasteiger partial charge in [-0.15, -0.1) is 0 Å². The Bertz CT molecular complexity index is 691. The van der Waals surface area contributed by atoms with Crippen molar-refractivity contribution in [3.05, 3.63) is 30.3 Å². The van der Waals surface area contributed by atoms with E-state index in [0.29, 0.717) is 25.8 Å². The Morgan fingerprint density at radius 2 is 1.92 bits per heavy atom. The van der Waals surface area contributed by atoms with E-state index in [-0.39, 0.29) is 42.1 Å². The maximum atomic E-state index is 12.8. The van der Waals surface area contributed by atoms with E-state index in [9.17, 15) is 18.0 Å². The molecule has 0 radical (unpaired) electrons. The zero-order valence-electron chi connectivity index (χ0n) is 14.4. The Labute approximate surface area is 148 Å². The van der Waals surface area contributed by atoms with Gasteiger partial charge in [0.2, 0.25) is 21.8 Å². The van der Waals surface area contributed by atoms with Crippen LogP contribution in [0.15, 0.2) is 35.2 Å². The van der Waals surface area contributed by atoms with Crippen LogP contribution in [0.25, 0.3) is 0 Å². The normalized spacial score (nSPS) is 21.0. The molecule has 2 N–H and O–H groups in total. The molecule has 0 aliphatic carbocycles. The van der Waals surface area contributed by atoms with Crippen LogP contribution in [0.5, 0.6) is 0 Å². The first-order valence-electron chi connectivity index (χ1n) is 8.48. The number of nitrogens with zero attached hydrogens (tertiary/aromatic N) is 1. The van der Waals surface area contributed by atoms with E-state index in [1.807, 2.05) is 0 Å². The summed E-state index contributed by atoms with van der Waals surface area (Å²) < 4.78 is 27.0. The molecule has 0 spiro atoms. The van der Waals surface area contributed by atoms with E-state index in [1.54, 1.807) is 37.4 Å². The molecule has 8 heteroatoms. The molecular weight excluding hydrogens is 342 g/mol. The second kappa shape index (κ2) is 8.96. The molecule has 2 rings (SSSR count). The van der Waals surface area contributed by atoms with Gasteiger partial charge in [-0.25, -0.2) is 8.42 Å². The molecule has 1 aliphatic heterocycles. The van der Waals surface area contributed by atoms with Crippen LogP contribution in [0.3, 0.4) is 0 Å². The second-order valence-electron chi connectivity index (χ2n) is 6.06. The lowest BCUT2D eigenvalue weighted by Gasteiger charge is -2.22. The highest BCUT2D eigenvalue weighted by atomic mass is 32.2. The first-order valence-corrected chi connectivity index (χ1v) is 9.92. The second-order valence-corrected chi connectivity index (χ2v) is 8.00. The Morgan fingerprint density at radius 1 is 1.20 bits per heavy atom. The molecule has 2 amide bonds. The molecule has 1 unspecified atom stereocenters. The Balaban J connectivity index is 2.17. The third-order valence-corrected chi connectivity index (χ3v) is 6.27. The van der Waals surface area contributed by atoms with Crippen molar-refractivity contribution < 1.29 is 18.0 Å². The van der Waals surface area contributed by atoms with Crippen molar-refractivity contribution >= 4 is 21.8 Å². The van der Waals surface area contributed by atoms with E-state index >= 15 is 0 Å². The quantitative estimate of drug-likeness (QED) is 0.823. The van der Waals surface area contributed by atoms with Crippen LogP contribution in [0.4, 0.5) is 0 Å². The van der Waals surface area contributed by atoms with Gasteiger partial charge in [-0.1, -0.05) is 18.2 Å². The Kier molecular flexibility index (Phi) is 6.95. The zero-order chi connectivity index (χ0) is 18.3. The predicted octanol–water partition coefficient (Wildman–Crippen LogP) is 0.730. The van der Waals surface area contributed by atoms with Crippen LogP contribution in [0, 0.1) is 5.92 Å². The molecule has 1 aromatic rings. The summed E-state index contributed by atoms with van der Waals surface area (Å²) in [5.41, 5.74) is 0. The molecule has 0 bridgehead atoms. The van der Waals surface area contributed by atoms with Crippen LogP contribution in [0.2, 0.25) is 0 Å². The van der Waals surface area contributed by atoms with Crippen molar-refractivity contribution in [2.24, 2.45) is 5.92 Å². The number of hydrogen-bond acceptors (Lipinski definition) is 4. The van der Waals surface area contributed by atoms with Crippen molar-refractivity contribution in [1.29, 1.82) is 0 Å². The minimum atomic E-state index is -3.66. The van der Waals surface area contributed by atoms with E-state index in [2.05, 4.69) is 10.6 Å². The van der Waals surface area contributed by atoms with Crippen LogP contribution in [-0.2, 0) is 19.6 Å². The summed E-state index contributed by atoms with van der Waals surface area (Å²) >= 11 is 0. The van der Waals surface area contributed by atoms with Gasteiger partial charge in [-0.2, -0.15) is 4.31 Å². The molecular formula is C17H25N3O4S. The first-order chi connectivity index (χ1) is 11.9. The van der Waals surface area contributed by atoms with Crippen molar-refractivity contribution in [2.45, 2.75) is 30.6 Å². The molecule has 1 heterocycles. The summed E-state index contributed by atoms with van der Waals surface area (Å²) in [6.07, 6.45) is 1.81. The highest BCUT2D eigenvalue weighted by Crippen LogP contribution is 2.19. The van der Waals surface area contributed by atoms with Gasteiger partial charge in [0, 0.05) is 39.0 Å². The number of carbonyl (C=O) groups is 2. The lowest BCUT2D eigenvalue weighted by atomic mass is 9.98. The minimum Gasteiger partial charge on any atom is -0.359 e. The molecule has 1 fully saturated rings. The van der Waals surface area contributed by atoms with E-state index < -0.39 is 10.0 Å². The highest BCUT2D eigenvalue weighted by molar-refractivity contribution is 7.89. The largest absolute Gasteiger partial charge is 0.359 e. The SMILES string of the molecule is CNC(=O)C1CCCN(S(=O)(=O)c2ccccc2)CCC(=O)NCC1. The summed E-state index contributed by atoms with van der Waals surface area (Å²) in [5.74, 6) is -0.513. The number of hydrogen-bond donors (Lipinski definition) is 2. The number of sulfonamides is 1. The first kappa shape index (κ1) is 19.4. The van der Waals surface area contributed by atoms with Gasteiger partial charge in [0.25, 0.3) is 0 Å². The number of carbonyl (C=O) groups excluding carboxylic acids is 2. The molecule has 1 aromatic carbocycles. The van der Waals surface area contributed by atoms with Gasteiger partial charge >= 0.3 is 0 Å². The molecule has 7 nitrogen and oxygen atoms in total. The summed E-state index contributed by atoms with van der Waals surface area (Å²) in [4.78, 5) is 24.1. The van der Waals surface area contributed by atoms with Crippen LogP contribution >= 0.6 is 0 Å². The minimum absolute atomic E-state index is 0.0778. The third-order valence-electron chi connectivity index (χ3n) is 4.36. The standard InChI is InChI=1S/C17H25N3O4S/c1-18-17(22)14-6-5-12-20(13-10-16(21)19-11-9-14)25(23,24)15-7-3-2-4-8-15/h2-4,7-8,14H,5-6,9-13H2,1H3,(H,18,22)(H,19,21). The van der Waals surface area contributed by atoms with Crippen molar-refractivity contribution in [1.82, 2.24) is 14.9 Å². The summed E-state index contributed by atoms with van der Waals surface area (Å²) in [6, 6.07) is 8.20. The summed E-state index contributed by atoms with van der Waals surface area (Å²) in [7, 11) is -2.07. The highest BCUT2D eigenvalue weighted by Gasteiger charge is 2.26. The molecule has 1 atom stereocenters. The maximum Gasteiger partial charge on any atom is 0.243 e. The molecule has 138 valence electrons. The van der Waals surface area contributed by atoms with E-state index in [1.165, 1.54) is 4.31 Å². The van der Waals surface area contributed by atoms with Gasteiger partial charge in [-0.05, 0) is 31.4 Å². The topological polar surface area (TPSA) is 95.6 Å². The van der Waals surface area contributed by atoms with Crippen LogP contribution < -0.4 is 10.6 Å². The van der Waals surface area contributed by atoms with Crippen molar-refractivity contribution in [3.63, 3.8) is 0 Å². The van der Waals surface area contributed by atoms with Crippen molar-refractivity contribution in [3.8, 4) is 0 Å². The molecule has 25 heavy (non-hydrogen) atoms. The molecule has 1 saturated heterocycles. The van der Waals surface area contributed by atoms with Gasteiger partial charge < -0.3 is 10.6 Å². The fraction of sp³-hybridized carbons (Fsp3) is 0.529. The number of rotatable bonds is 3. The number of nitrogens with one attached hydrogen (secondary N) is 2. The van der Waals surface area contributed by atoms with Gasteiger partial charge in [0.15, 0.2) is 0 Å². The Morgan fingerprint density at radius 3 is 2.60 bits per heavy atom.